The van der Waals surface area contributed by atoms with Crippen LogP contribution in [0.3, 0.4) is 0 Å². The average molecular weight is 243 g/mol. The lowest BCUT2D eigenvalue weighted by molar-refractivity contribution is -0.158. The minimum absolute atomic E-state index is 0.595. The molecule has 0 radical (unpaired) electrons. The summed E-state index contributed by atoms with van der Waals surface area (Å²) in [5.41, 5.74) is -0.862. The first-order chi connectivity index (χ1) is 7.06. The summed E-state index contributed by atoms with van der Waals surface area (Å²) in [6.45, 7) is 3.96. The molecule has 0 aromatic heterocycles. The van der Waals surface area contributed by atoms with Gasteiger partial charge < -0.3 is 15.2 Å². The standard InChI is InChI=1S/C9H16F3NO3/c1-8(2,3)16-7(15)13-6(4-5-14)9(10,11)12/h6,14H,4-5H2,1-3H3,(H,13,15)/t6-/m0/s1. The van der Waals surface area contributed by atoms with E-state index in [2.05, 4.69) is 4.74 Å². The molecule has 96 valence electrons. The number of hydrogen-bond acceptors (Lipinski definition) is 3. The molecule has 0 aromatic rings. The smallest absolute Gasteiger partial charge is 0.408 e. The first kappa shape index (κ1) is 15.0. The number of nitrogens with one attached hydrogen (secondary N) is 1. The van der Waals surface area contributed by atoms with E-state index in [1.807, 2.05) is 0 Å². The predicted octanol–water partition coefficient (Wildman–Crippen LogP) is 1.82. The summed E-state index contributed by atoms with van der Waals surface area (Å²) in [5, 5.41) is 10.1. The summed E-state index contributed by atoms with van der Waals surface area (Å²) in [4.78, 5) is 11.1. The van der Waals surface area contributed by atoms with E-state index in [4.69, 9.17) is 5.11 Å². The number of hydrogen-bond donors (Lipinski definition) is 2. The molecule has 1 amide bonds. The van der Waals surface area contributed by atoms with E-state index in [0.717, 1.165) is 0 Å². The number of carbonyl (C=O) groups is 1. The normalized spacial score (nSPS) is 14.4. The molecular weight excluding hydrogens is 227 g/mol. The quantitative estimate of drug-likeness (QED) is 0.795. The van der Waals surface area contributed by atoms with E-state index in [9.17, 15) is 18.0 Å². The van der Waals surface area contributed by atoms with Gasteiger partial charge in [0.05, 0.1) is 0 Å². The summed E-state index contributed by atoms with van der Waals surface area (Å²) in [5.74, 6) is 0. The lowest BCUT2D eigenvalue weighted by atomic mass is 10.2. The maximum absolute atomic E-state index is 12.3. The van der Waals surface area contributed by atoms with Crippen molar-refractivity contribution in [3.63, 3.8) is 0 Å². The van der Waals surface area contributed by atoms with E-state index in [0.29, 0.717) is 0 Å². The summed E-state index contributed by atoms with van der Waals surface area (Å²) >= 11 is 0. The van der Waals surface area contributed by atoms with Crippen LogP contribution in [0.15, 0.2) is 0 Å². The van der Waals surface area contributed by atoms with Crippen LogP contribution in [-0.4, -0.2) is 35.6 Å². The molecule has 0 saturated heterocycles. The fraction of sp³-hybridized carbons (Fsp3) is 0.889. The predicted molar refractivity (Wildman–Crippen MR) is 50.9 cm³/mol. The lowest BCUT2D eigenvalue weighted by Gasteiger charge is -2.24. The molecule has 0 aromatic carbocycles. The van der Waals surface area contributed by atoms with Crippen molar-refractivity contribution in [2.75, 3.05) is 6.61 Å². The highest BCUT2D eigenvalue weighted by Crippen LogP contribution is 2.22. The van der Waals surface area contributed by atoms with Gasteiger partial charge in [0, 0.05) is 6.61 Å². The second-order valence-electron chi connectivity index (χ2n) is 4.25. The highest BCUT2D eigenvalue weighted by Gasteiger charge is 2.40. The van der Waals surface area contributed by atoms with Gasteiger partial charge in [-0.05, 0) is 27.2 Å². The average Bonchev–Trinajstić information content (AvgIpc) is 1.97. The SMILES string of the molecule is CC(C)(C)OC(=O)N[C@@H](CCO)C(F)(F)F. The van der Waals surface area contributed by atoms with Gasteiger partial charge in [-0.3, -0.25) is 0 Å². The Kier molecular flexibility index (Phi) is 5.05. The molecule has 0 bridgehead atoms. The first-order valence-corrected chi connectivity index (χ1v) is 4.73. The molecule has 7 heteroatoms. The Hall–Kier alpha value is -0.980. The molecule has 0 fully saturated rings. The highest BCUT2D eigenvalue weighted by atomic mass is 19.4. The second kappa shape index (κ2) is 5.38. The van der Waals surface area contributed by atoms with Crippen molar-refractivity contribution >= 4 is 6.09 Å². The van der Waals surface area contributed by atoms with E-state index < -0.39 is 36.9 Å². The minimum atomic E-state index is -4.60. The molecule has 0 saturated carbocycles. The Morgan fingerprint density at radius 2 is 1.88 bits per heavy atom. The third-order valence-electron chi connectivity index (χ3n) is 1.50. The molecule has 0 spiro atoms. The van der Waals surface area contributed by atoms with Crippen molar-refractivity contribution in [1.29, 1.82) is 0 Å². The third-order valence-corrected chi connectivity index (χ3v) is 1.50. The number of carbonyl (C=O) groups excluding carboxylic acids is 1. The number of aliphatic hydroxyl groups excluding tert-OH is 1. The zero-order valence-electron chi connectivity index (χ0n) is 9.39. The molecule has 0 heterocycles. The monoisotopic (exact) mass is 243 g/mol. The second-order valence-corrected chi connectivity index (χ2v) is 4.25. The molecule has 2 N–H and O–H groups in total. The largest absolute Gasteiger partial charge is 0.444 e. The molecule has 0 rings (SSSR count). The highest BCUT2D eigenvalue weighted by molar-refractivity contribution is 5.68. The van der Waals surface area contributed by atoms with Gasteiger partial charge in [0.1, 0.15) is 11.6 Å². The van der Waals surface area contributed by atoms with Crippen molar-refractivity contribution < 1.29 is 27.8 Å². The van der Waals surface area contributed by atoms with E-state index in [1.165, 1.54) is 0 Å². The number of alkyl halides is 3. The Labute approximate surface area is 91.8 Å². The molecular formula is C9H16F3NO3. The Morgan fingerprint density at radius 1 is 1.38 bits per heavy atom. The van der Waals surface area contributed by atoms with Crippen LogP contribution in [0.5, 0.6) is 0 Å². The van der Waals surface area contributed by atoms with Crippen LogP contribution in [0, 0.1) is 0 Å². The number of ether oxygens (including phenoxy) is 1. The molecule has 0 aliphatic rings. The number of alkyl carbamates (subject to hydrolysis) is 1. The topological polar surface area (TPSA) is 58.6 Å². The summed E-state index contributed by atoms with van der Waals surface area (Å²) < 4.78 is 41.6. The van der Waals surface area contributed by atoms with Crippen LogP contribution in [0.2, 0.25) is 0 Å². The number of aliphatic hydroxyl groups is 1. The molecule has 4 nitrogen and oxygen atoms in total. The zero-order chi connectivity index (χ0) is 13.0. The van der Waals surface area contributed by atoms with Gasteiger partial charge in [0.2, 0.25) is 0 Å². The van der Waals surface area contributed by atoms with Crippen LogP contribution in [0.4, 0.5) is 18.0 Å². The summed E-state index contributed by atoms with van der Waals surface area (Å²) in [7, 11) is 0. The van der Waals surface area contributed by atoms with Crippen LogP contribution < -0.4 is 5.32 Å². The van der Waals surface area contributed by atoms with Crippen molar-refractivity contribution in [2.45, 2.75) is 45.0 Å². The van der Waals surface area contributed by atoms with E-state index >= 15 is 0 Å². The number of amides is 1. The van der Waals surface area contributed by atoms with Gasteiger partial charge in [-0.15, -0.1) is 0 Å². The molecule has 1 atom stereocenters. The summed E-state index contributed by atoms with van der Waals surface area (Å²) in [6.07, 6.45) is -6.34. The van der Waals surface area contributed by atoms with Crippen molar-refractivity contribution in [1.82, 2.24) is 5.32 Å². The fourth-order valence-electron chi connectivity index (χ4n) is 0.897. The summed E-state index contributed by atoms with van der Waals surface area (Å²) in [6, 6.07) is -2.09. The zero-order valence-corrected chi connectivity index (χ0v) is 9.39. The molecule has 0 aliphatic heterocycles. The van der Waals surface area contributed by atoms with Crippen LogP contribution >= 0.6 is 0 Å². The van der Waals surface area contributed by atoms with Gasteiger partial charge in [0.15, 0.2) is 0 Å². The van der Waals surface area contributed by atoms with Crippen LogP contribution in [0.25, 0.3) is 0 Å². The molecule has 0 aliphatic carbocycles. The van der Waals surface area contributed by atoms with Gasteiger partial charge in [-0.1, -0.05) is 0 Å². The van der Waals surface area contributed by atoms with Crippen molar-refractivity contribution in [3.05, 3.63) is 0 Å². The number of rotatable bonds is 3. The Morgan fingerprint density at radius 3 is 2.19 bits per heavy atom. The molecule has 16 heavy (non-hydrogen) atoms. The van der Waals surface area contributed by atoms with Crippen molar-refractivity contribution in [3.8, 4) is 0 Å². The van der Waals surface area contributed by atoms with Gasteiger partial charge in [-0.25, -0.2) is 4.79 Å². The minimum Gasteiger partial charge on any atom is -0.444 e. The third kappa shape index (κ3) is 6.49. The van der Waals surface area contributed by atoms with E-state index in [-0.39, 0.29) is 0 Å². The maximum atomic E-state index is 12.3. The van der Waals surface area contributed by atoms with Gasteiger partial charge >= 0.3 is 12.3 Å². The fourth-order valence-corrected chi connectivity index (χ4v) is 0.897. The maximum Gasteiger partial charge on any atom is 0.408 e. The first-order valence-electron chi connectivity index (χ1n) is 4.73. The lowest BCUT2D eigenvalue weighted by Crippen LogP contribution is -2.47. The van der Waals surface area contributed by atoms with Crippen LogP contribution in [0.1, 0.15) is 27.2 Å². The number of halogens is 3. The van der Waals surface area contributed by atoms with Crippen molar-refractivity contribution in [2.24, 2.45) is 0 Å². The Bertz CT molecular complexity index is 235. The van der Waals surface area contributed by atoms with Gasteiger partial charge in [-0.2, -0.15) is 13.2 Å². The van der Waals surface area contributed by atoms with Gasteiger partial charge in [0.25, 0.3) is 0 Å². The Balaban J connectivity index is 4.36. The molecule has 0 unspecified atom stereocenters. The van der Waals surface area contributed by atoms with E-state index in [1.54, 1.807) is 26.1 Å². The van der Waals surface area contributed by atoms with Crippen LogP contribution in [-0.2, 0) is 4.74 Å².